The van der Waals surface area contributed by atoms with Crippen molar-refractivity contribution in [2.45, 2.75) is 32.9 Å². The van der Waals surface area contributed by atoms with Crippen LogP contribution >= 0.6 is 22.9 Å². The van der Waals surface area contributed by atoms with Gasteiger partial charge in [-0.1, -0.05) is 11.6 Å². The van der Waals surface area contributed by atoms with E-state index in [9.17, 15) is 0 Å². The number of halogens is 1. The molecular weight excluding hydrogens is 270 g/mol. The molecular formula is C11H16ClN5S. The Labute approximate surface area is 115 Å². The molecule has 2 heterocycles. The molecule has 0 aliphatic carbocycles. The van der Waals surface area contributed by atoms with Gasteiger partial charge in [0.05, 0.1) is 21.9 Å². The Balaban J connectivity index is 2.47. The van der Waals surface area contributed by atoms with Gasteiger partial charge < -0.3 is 0 Å². The number of nitrogens with one attached hydrogen (secondary N) is 1. The Morgan fingerprint density at radius 3 is 2.67 bits per heavy atom. The summed E-state index contributed by atoms with van der Waals surface area (Å²) in [6.07, 6.45) is 3.47. The van der Waals surface area contributed by atoms with Crippen LogP contribution in [-0.2, 0) is 0 Å². The van der Waals surface area contributed by atoms with Gasteiger partial charge in [0, 0.05) is 17.1 Å². The minimum atomic E-state index is -0.186. The summed E-state index contributed by atoms with van der Waals surface area (Å²) in [5.41, 5.74) is 3.67. The number of thiazole rings is 1. The molecule has 0 amide bonds. The van der Waals surface area contributed by atoms with Gasteiger partial charge in [0.1, 0.15) is 6.04 Å². The van der Waals surface area contributed by atoms with E-state index in [2.05, 4.69) is 29.4 Å². The van der Waals surface area contributed by atoms with Gasteiger partial charge in [-0.05, 0) is 20.8 Å². The largest absolute Gasteiger partial charge is 0.270 e. The molecule has 0 radical (unpaired) electrons. The van der Waals surface area contributed by atoms with Crippen molar-refractivity contribution >= 4 is 22.9 Å². The lowest BCUT2D eigenvalue weighted by Crippen LogP contribution is -2.30. The molecule has 0 aromatic carbocycles. The first-order valence-electron chi connectivity index (χ1n) is 5.66. The Kier molecular flexibility index (Phi) is 4.01. The number of nitrogens with zero attached hydrogens (tertiary/aromatic N) is 3. The SMILES string of the molecule is Cc1ncc(C(NN)c2c(Cl)cnn2C(C)C)s1. The van der Waals surface area contributed by atoms with E-state index in [4.69, 9.17) is 17.4 Å². The molecule has 2 aromatic rings. The highest BCUT2D eigenvalue weighted by Crippen LogP contribution is 2.32. The monoisotopic (exact) mass is 285 g/mol. The van der Waals surface area contributed by atoms with E-state index in [0.717, 1.165) is 15.6 Å². The zero-order chi connectivity index (χ0) is 13.3. The van der Waals surface area contributed by atoms with Crippen LogP contribution in [0.1, 0.15) is 41.5 Å². The van der Waals surface area contributed by atoms with Gasteiger partial charge in [-0.3, -0.25) is 10.5 Å². The minimum Gasteiger partial charge on any atom is -0.270 e. The van der Waals surface area contributed by atoms with Crippen LogP contribution in [0.25, 0.3) is 0 Å². The highest BCUT2D eigenvalue weighted by molar-refractivity contribution is 7.11. The molecule has 3 N–H and O–H groups in total. The van der Waals surface area contributed by atoms with E-state index < -0.39 is 0 Å². The average molecular weight is 286 g/mol. The van der Waals surface area contributed by atoms with Crippen molar-refractivity contribution in [3.05, 3.63) is 33.0 Å². The summed E-state index contributed by atoms with van der Waals surface area (Å²) in [6, 6.07) is 0.0333. The van der Waals surface area contributed by atoms with Crippen molar-refractivity contribution in [1.29, 1.82) is 0 Å². The fourth-order valence-electron chi connectivity index (χ4n) is 1.84. The summed E-state index contributed by atoms with van der Waals surface area (Å²) in [5, 5.41) is 5.90. The van der Waals surface area contributed by atoms with Crippen LogP contribution in [0.2, 0.25) is 5.02 Å². The molecule has 0 saturated heterocycles. The highest BCUT2D eigenvalue weighted by Gasteiger charge is 2.23. The van der Waals surface area contributed by atoms with Crippen LogP contribution in [0.3, 0.4) is 0 Å². The van der Waals surface area contributed by atoms with Gasteiger partial charge in [0.15, 0.2) is 0 Å². The molecule has 18 heavy (non-hydrogen) atoms. The molecule has 98 valence electrons. The van der Waals surface area contributed by atoms with Gasteiger partial charge >= 0.3 is 0 Å². The number of hydrogen-bond acceptors (Lipinski definition) is 5. The van der Waals surface area contributed by atoms with Gasteiger partial charge in [-0.25, -0.2) is 10.4 Å². The Morgan fingerprint density at radius 2 is 2.17 bits per heavy atom. The lowest BCUT2D eigenvalue weighted by molar-refractivity contribution is 0.478. The molecule has 1 unspecified atom stereocenters. The Morgan fingerprint density at radius 1 is 1.44 bits per heavy atom. The second kappa shape index (κ2) is 5.36. The molecule has 2 aromatic heterocycles. The number of nitrogens with two attached hydrogens (primary N) is 1. The van der Waals surface area contributed by atoms with Crippen molar-refractivity contribution in [1.82, 2.24) is 20.2 Å². The number of aryl methyl sites for hydroxylation is 1. The van der Waals surface area contributed by atoms with E-state index in [0.29, 0.717) is 5.02 Å². The Hall–Kier alpha value is -0.950. The molecule has 5 nitrogen and oxygen atoms in total. The van der Waals surface area contributed by atoms with Crippen molar-refractivity contribution in [3.63, 3.8) is 0 Å². The molecule has 0 aliphatic rings. The summed E-state index contributed by atoms with van der Waals surface area (Å²) >= 11 is 7.82. The van der Waals surface area contributed by atoms with Crippen molar-refractivity contribution in [3.8, 4) is 0 Å². The first-order chi connectivity index (χ1) is 8.54. The molecule has 0 fully saturated rings. The summed E-state index contributed by atoms with van der Waals surface area (Å²) in [7, 11) is 0. The maximum Gasteiger partial charge on any atom is 0.100 e. The number of aromatic nitrogens is 3. The number of hydrogen-bond donors (Lipinski definition) is 2. The van der Waals surface area contributed by atoms with Crippen molar-refractivity contribution in [2.75, 3.05) is 0 Å². The minimum absolute atomic E-state index is 0.186. The summed E-state index contributed by atoms with van der Waals surface area (Å²) < 4.78 is 1.88. The third-order valence-corrected chi connectivity index (χ3v) is 3.91. The van der Waals surface area contributed by atoms with Crippen LogP contribution in [-0.4, -0.2) is 14.8 Å². The highest BCUT2D eigenvalue weighted by atomic mass is 35.5. The molecule has 0 saturated carbocycles. The first kappa shape index (κ1) is 13.5. The van der Waals surface area contributed by atoms with E-state index in [-0.39, 0.29) is 12.1 Å². The van der Waals surface area contributed by atoms with Gasteiger partial charge in [0.25, 0.3) is 0 Å². The second-order valence-corrected chi connectivity index (χ2v) is 5.97. The predicted molar refractivity (Wildman–Crippen MR) is 73.6 cm³/mol. The molecule has 2 rings (SSSR count). The molecule has 0 bridgehead atoms. The zero-order valence-corrected chi connectivity index (χ0v) is 12.1. The lowest BCUT2D eigenvalue weighted by atomic mass is 10.2. The zero-order valence-electron chi connectivity index (χ0n) is 10.5. The summed E-state index contributed by atoms with van der Waals surface area (Å²) in [4.78, 5) is 5.28. The smallest absolute Gasteiger partial charge is 0.100 e. The van der Waals surface area contributed by atoms with Gasteiger partial charge in [0.2, 0.25) is 0 Å². The summed E-state index contributed by atoms with van der Waals surface area (Å²) in [6.45, 7) is 6.07. The van der Waals surface area contributed by atoms with E-state index in [1.807, 2.05) is 17.8 Å². The quantitative estimate of drug-likeness (QED) is 0.669. The van der Waals surface area contributed by atoms with E-state index >= 15 is 0 Å². The summed E-state index contributed by atoms with van der Waals surface area (Å²) in [5.74, 6) is 5.67. The fourth-order valence-corrected chi connectivity index (χ4v) is 2.93. The molecule has 0 spiro atoms. The van der Waals surface area contributed by atoms with Gasteiger partial charge in [-0.2, -0.15) is 5.10 Å². The third kappa shape index (κ3) is 2.42. The first-order valence-corrected chi connectivity index (χ1v) is 6.85. The average Bonchev–Trinajstić information content (AvgIpc) is 2.88. The lowest BCUT2D eigenvalue weighted by Gasteiger charge is -2.18. The van der Waals surface area contributed by atoms with E-state index in [1.165, 1.54) is 0 Å². The molecule has 7 heteroatoms. The number of hydrazine groups is 1. The van der Waals surface area contributed by atoms with E-state index in [1.54, 1.807) is 17.5 Å². The normalized spacial score (nSPS) is 13.2. The van der Waals surface area contributed by atoms with Crippen molar-refractivity contribution in [2.24, 2.45) is 5.84 Å². The third-order valence-electron chi connectivity index (χ3n) is 2.64. The second-order valence-electron chi connectivity index (χ2n) is 4.30. The van der Waals surface area contributed by atoms with Gasteiger partial charge in [-0.15, -0.1) is 11.3 Å². The maximum atomic E-state index is 6.22. The van der Waals surface area contributed by atoms with Crippen LogP contribution in [0.15, 0.2) is 12.4 Å². The number of rotatable bonds is 4. The van der Waals surface area contributed by atoms with Crippen LogP contribution in [0, 0.1) is 6.92 Å². The fraction of sp³-hybridized carbons (Fsp3) is 0.455. The van der Waals surface area contributed by atoms with Crippen molar-refractivity contribution < 1.29 is 0 Å². The van der Waals surface area contributed by atoms with Crippen LogP contribution in [0.4, 0.5) is 0 Å². The Bertz CT molecular complexity index is 533. The standard InChI is InChI=1S/C11H16ClN5S/c1-6(2)17-11(8(12)4-15-17)10(16-13)9-5-14-7(3)18-9/h4-6,10,16H,13H2,1-3H3. The maximum absolute atomic E-state index is 6.22. The molecule has 1 atom stereocenters. The molecule has 0 aliphatic heterocycles. The van der Waals surface area contributed by atoms with Crippen LogP contribution < -0.4 is 11.3 Å². The topological polar surface area (TPSA) is 68.8 Å². The van der Waals surface area contributed by atoms with Crippen LogP contribution in [0.5, 0.6) is 0 Å². The predicted octanol–water partition coefficient (Wildman–Crippen LogP) is 2.44.